The van der Waals surface area contributed by atoms with E-state index in [0.717, 1.165) is 10.9 Å². The molecule has 1 atom stereocenters. The molecule has 0 bridgehead atoms. The number of nitrogens with zero attached hydrogens (tertiary/aromatic N) is 6. The first-order valence-electron chi connectivity index (χ1n) is 8.66. The number of fused-ring (bicyclic) bond motifs is 2. The molecule has 7 nitrogen and oxygen atoms in total. The van der Waals surface area contributed by atoms with Gasteiger partial charge in [-0.25, -0.2) is 13.9 Å². The lowest BCUT2D eigenvalue weighted by Gasteiger charge is -2.13. The molecule has 0 aliphatic heterocycles. The Morgan fingerprint density at radius 3 is 2.82 bits per heavy atom. The predicted octanol–water partition coefficient (Wildman–Crippen LogP) is 2.90. The summed E-state index contributed by atoms with van der Waals surface area (Å²) in [6, 6.07) is 10.2. The summed E-state index contributed by atoms with van der Waals surface area (Å²) in [5.74, 6) is -0.530. The van der Waals surface area contributed by atoms with Crippen LogP contribution in [0, 0.1) is 5.82 Å². The summed E-state index contributed by atoms with van der Waals surface area (Å²) in [5.41, 5.74) is 3.13. The number of benzene rings is 1. The summed E-state index contributed by atoms with van der Waals surface area (Å²) in [4.78, 5) is 8.42. The van der Waals surface area contributed by atoms with E-state index in [1.165, 1.54) is 16.8 Å². The van der Waals surface area contributed by atoms with Gasteiger partial charge < -0.3 is 5.11 Å². The van der Waals surface area contributed by atoms with E-state index in [9.17, 15) is 9.50 Å². The Kier molecular flexibility index (Phi) is 3.66. The lowest BCUT2D eigenvalue weighted by molar-refractivity contribution is 0.208. The number of hydrogen-bond donors (Lipinski definition) is 1. The number of hydrogen-bond acceptors (Lipinski definition) is 5. The highest BCUT2D eigenvalue weighted by molar-refractivity contribution is 5.79. The Morgan fingerprint density at radius 1 is 1.11 bits per heavy atom. The van der Waals surface area contributed by atoms with E-state index in [0.29, 0.717) is 22.6 Å². The fraction of sp³-hybridized carbons (Fsp3) is 0.100. The van der Waals surface area contributed by atoms with Gasteiger partial charge in [-0.3, -0.25) is 9.67 Å². The Morgan fingerprint density at radius 2 is 2.00 bits per heavy atom. The molecule has 0 amide bonds. The van der Waals surface area contributed by atoms with Crippen LogP contribution in [0.3, 0.4) is 0 Å². The lowest BCUT2D eigenvalue weighted by Crippen LogP contribution is -2.08. The molecule has 0 aliphatic carbocycles. The fourth-order valence-electron chi connectivity index (χ4n) is 3.27. The summed E-state index contributed by atoms with van der Waals surface area (Å²) in [5, 5.41) is 20.4. The molecular formula is C20H15FN6O. The summed E-state index contributed by atoms with van der Waals surface area (Å²) >= 11 is 0. The van der Waals surface area contributed by atoms with E-state index < -0.39 is 11.9 Å². The zero-order valence-electron chi connectivity index (χ0n) is 14.9. The number of aromatic nitrogens is 6. The van der Waals surface area contributed by atoms with Gasteiger partial charge in [-0.15, -0.1) is 0 Å². The molecule has 28 heavy (non-hydrogen) atoms. The van der Waals surface area contributed by atoms with E-state index in [1.807, 2.05) is 25.4 Å². The summed E-state index contributed by atoms with van der Waals surface area (Å²) < 4.78 is 17.9. The van der Waals surface area contributed by atoms with Gasteiger partial charge in [0, 0.05) is 42.0 Å². The van der Waals surface area contributed by atoms with Gasteiger partial charge in [-0.05, 0) is 24.3 Å². The van der Waals surface area contributed by atoms with Crippen molar-refractivity contribution in [1.29, 1.82) is 0 Å². The minimum absolute atomic E-state index is 0.149. The van der Waals surface area contributed by atoms with Gasteiger partial charge in [-0.2, -0.15) is 10.2 Å². The molecule has 0 spiro atoms. The highest BCUT2D eigenvalue weighted by Gasteiger charge is 2.21. The van der Waals surface area contributed by atoms with Gasteiger partial charge in [-0.1, -0.05) is 6.07 Å². The minimum Gasteiger partial charge on any atom is -0.382 e. The van der Waals surface area contributed by atoms with Gasteiger partial charge in [0.1, 0.15) is 11.9 Å². The highest BCUT2D eigenvalue weighted by atomic mass is 19.1. The number of halogens is 1. The van der Waals surface area contributed by atoms with Crippen LogP contribution in [0.5, 0.6) is 0 Å². The van der Waals surface area contributed by atoms with Crippen molar-refractivity contribution in [2.24, 2.45) is 7.05 Å². The van der Waals surface area contributed by atoms with Crippen molar-refractivity contribution in [3.05, 3.63) is 78.3 Å². The van der Waals surface area contributed by atoms with Crippen molar-refractivity contribution in [3.8, 4) is 11.3 Å². The maximum atomic E-state index is 14.6. The van der Waals surface area contributed by atoms with Crippen molar-refractivity contribution < 1.29 is 9.50 Å². The molecule has 0 radical (unpaired) electrons. The third-order valence-corrected chi connectivity index (χ3v) is 4.69. The normalized spacial score (nSPS) is 12.7. The van der Waals surface area contributed by atoms with Gasteiger partial charge in [0.05, 0.1) is 29.3 Å². The van der Waals surface area contributed by atoms with Gasteiger partial charge in [0.25, 0.3) is 0 Å². The van der Waals surface area contributed by atoms with Gasteiger partial charge in [0.2, 0.25) is 0 Å². The Bertz CT molecular complexity index is 1330. The molecule has 8 heteroatoms. The summed E-state index contributed by atoms with van der Waals surface area (Å²) in [6.45, 7) is 0. The van der Waals surface area contributed by atoms with E-state index in [-0.39, 0.29) is 5.56 Å². The molecule has 5 aromatic rings. The third kappa shape index (κ3) is 2.62. The molecule has 1 unspecified atom stereocenters. The van der Waals surface area contributed by atoms with Gasteiger partial charge in [0.15, 0.2) is 5.65 Å². The predicted molar refractivity (Wildman–Crippen MR) is 101 cm³/mol. The SMILES string of the molecule is Cn1cc(-c2ccc3ncc(C(O)c4cc5cccnc5cc4F)n3n2)cn1. The molecule has 0 saturated carbocycles. The number of pyridine rings is 1. The van der Waals surface area contributed by atoms with Crippen molar-refractivity contribution >= 4 is 16.6 Å². The highest BCUT2D eigenvalue weighted by Crippen LogP contribution is 2.28. The van der Waals surface area contributed by atoms with Crippen LogP contribution < -0.4 is 0 Å². The first-order valence-corrected chi connectivity index (χ1v) is 8.66. The molecular weight excluding hydrogens is 359 g/mol. The molecule has 0 aliphatic rings. The van der Waals surface area contributed by atoms with Crippen LogP contribution in [-0.2, 0) is 7.05 Å². The van der Waals surface area contributed by atoms with Crippen molar-refractivity contribution in [3.63, 3.8) is 0 Å². The van der Waals surface area contributed by atoms with E-state index in [1.54, 1.807) is 35.3 Å². The average molecular weight is 374 g/mol. The van der Waals surface area contributed by atoms with E-state index in [4.69, 9.17) is 0 Å². The average Bonchev–Trinajstić information content (AvgIpc) is 3.32. The number of aliphatic hydroxyl groups excluding tert-OH is 1. The summed E-state index contributed by atoms with van der Waals surface area (Å²) in [6.07, 6.45) is 5.43. The van der Waals surface area contributed by atoms with Crippen LogP contribution in [0.1, 0.15) is 17.4 Å². The van der Waals surface area contributed by atoms with Crippen molar-refractivity contribution in [1.82, 2.24) is 29.4 Å². The second-order valence-corrected chi connectivity index (χ2v) is 6.55. The first kappa shape index (κ1) is 16.5. The summed E-state index contributed by atoms with van der Waals surface area (Å²) in [7, 11) is 1.83. The maximum absolute atomic E-state index is 14.6. The molecule has 0 saturated heterocycles. The number of aliphatic hydroxyl groups is 1. The van der Waals surface area contributed by atoms with Crippen LogP contribution >= 0.6 is 0 Å². The standard InChI is InChI=1S/C20H15FN6O/c1-26-11-13(9-24-26)16-4-5-19-23-10-18(27(19)25-16)20(28)14-7-12-3-2-6-22-17(12)8-15(14)21/h2-11,20,28H,1H3. The second-order valence-electron chi connectivity index (χ2n) is 6.55. The van der Waals surface area contributed by atoms with Crippen LogP contribution in [-0.4, -0.2) is 34.5 Å². The molecule has 1 aromatic carbocycles. The van der Waals surface area contributed by atoms with E-state index in [2.05, 4.69) is 20.2 Å². The zero-order valence-corrected chi connectivity index (χ0v) is 14.9. The van der Waals surface area contributed by atoms with Crippen LogP contribution in [0.4, 0.5) is 4.39 Å². The topological polar surface area (TPSA) is 81.1 Å². The zero-order chi connectivity index (χ0) is 19.3. The number of imidazole rings is 1. The number of rotatable bonds is 3. The molecule has 1 N–H and O–H groups in total. The Labute approximate surface area is 158 Å². The molecule has 4 heterocycles. The minimum atomic E-state index is -1.23. The third-order valence-electron chi connectivity index (χ3n) is 4.69. The van der Waals surface area contributed by atoms with Crippen LogP contribution in [0.25, 0.3) is 27.8 Å². The van der Waals surface area contributed by atoms with Crippen LogP contribution in [0.2, 0.25) is 0 Å². The van der Waals surface area contributed by atoms with Crippen LogP contribution in [0.15, 0.2) is 61.2 Å². The molecule has 138 valence electrons. The largest absolute Gasteiger partial charge is 0.382 e. The molecule has 4 aromatic heterocycles. The molecule has 0 fully saturated rings. The van der Waals surface area contributed by atoms with Gasteiger partial charge >= 0.3 is 0 Å². The van der Waals surface area contributed by atoms with E-state index >= 15 is 0 Å². The van der Waals surface area contributed by atoms with Crippen molar-refractivity contribution in [2.45, 2.75) is 6.10 Å². The second kappa shape index (κ2) is 6.21. The Balaban J connectivity index is 1.63. The monoisotopic (exact) mass is 374 g/mol. The Hall–Kier alpha value is -3.65. The van der Waals surface area contributed by atoms with Crippen molar-refractivity contribution in [2.75, 3.05) is 0 Å². The molecule has 5 rings (SSSR count). The first-order chi connectivity index (χ1) is 13.6. The quantitative estimate of drug-likeness (QED) is 0.525. The lowest BCUT2D eigenvalue weighted by atomic mass is 10.0. The maximum Gasteiger partial charge on any atom is 0.153 e. The smallest absolute Gasteiger partial charge is 0.153 e. The fourth-order valence-corrected chi connectivity index (χ4v) is 3.27. The number of aryl methyl sites for hydroxylation is 1.